The minimum absolute atomic E-state index is 0.127. The molecule has 0 spiro atoms. The van der Waals surface area contributed by atoms with Crippen LogP contribution >= 0.6 is 0 Å². The summed E-state index contributed by atoms with van der Waals surface area (Å²) in [5.74, 6) is 0.921. The summed E-state index contributed by atoms with van der Waals surface area (Å²) in [5, 5.41) is 0. The van der Waals surface area contributed by atoms with Gasteiger partial charge in [-0.2, -0.15) is 0 Å². The average Bonchev–Trinajstić information content (AvgIpc) is 2.52. The molecule has 0 unspecified atom stereocenters. The lowest BCUT2D eigenvalue weighted by Crippen LogP contribution is -2.08. The summed E-state index contributed by atoms with van der Waals surface area (Å²) in [6.45, 7) is 2.84. The number of aryl methyl sites for hydroxylation is 1. The van der Waals surface area contributed by atoms with E-state index in [2.05, 4.69) is 43.3 Å². The Morgan fingerprint density at radius 3 is 2.35 bits per heavy atom. The summed E-state index contributed by atoms with van der Waals surface area (Å²) in [6.07, 6.45) is 3.04. The average molecular weight is 269 g/mol. The van der Waals surface area contributed by atoms with Crippen LogP contribution in [-0.2, 0) is 6.42 Å². The van der Waals surface area contributed by atoms with Crippen LogP contribution in [0.25, 0.3) is 0 Å². The number of rotatable bonds is 7. The third kappa shape index (κ3) is 4.39. The van der Waals surface area contributed by atoms with Crippen molar-refractivity contribution in [1.29, 1.82) is 0 Å². The molecule has 0 bridgehead atoms. The highest BCUT2D eigenvalue weighted by Crippen LogP contribution is 2.18. The van der Waals surface area contributed by atoms with Crippen molar-refractivity contribution >= 4 is 0 Å². The lowest BCUT2D eigenvalue weighted by molar-refractivity contribution is 0.311. The second-order valence-electron chi connectivity index (χ2n) is 5.02. The van der Waals surface area contributed by atoms with Crippen LogP contribution in [-0.4, -0.2) is 6.61 Å². The maximum atomic E-state index is 5.99. The van der Waals surface area contributed by atoms with Gasteiger partial charge in [0.2, 0.25) is 0 Å². The highest BCUT2D eigenvalue weighted by atomic mass is 16.5. The summed E-state index contributed by atoms with van der Waals surface area (Å²) < 4.78 is 5.76. The molecular weight excluding hydrogens is 246 g/mol. The molecule has 0 saturated carbocycles. The molecule has 0 radical (unpaired) electrons. The van der Waals surface area contributed by atoms with Gasteiger partial charge in [-0.15, -0.1) is 0 Å². The van der Waals surface area contributed by atoms with Crippen LogP contribution in [0.5, 0.6) is 5.75 Å². The molecule has 0 aliphatic heterocycles. The molecule has 0 aliphatic rings. The van der Waals surface area contributed by atoms with Crippen molar-refractivity contribution < 1.29 is 4.74 Å². The molecule has 0 amide bonds. The third-order valence-corrected chi connectivity index (χ3v) is 3.47. The molecule has 20 heavy (non-hydrogen) atoms. The lowest BCUT2D eigenvalue weighted by atomic mass is 10.1. The zero-order valence-electron chi connectivity index (χ0n) is 12.1. The maximum Gasteiger partial charge on any atom is 0.119 e. The Balaban J connectivity index is 1.74. The van der Waals surface area contributed by atoms with Gasteiger partial charge in [-0.1, -0.05) is 49.4 Å². The van der Waals surface area contributed by atoms with E-state index in [-0.39, 0.29) is 6.04 Å². The van der Waals surface area contributed by atoms with Gasteiger partial charge >= 0.3 is 0 Å². The van der Waals surface area contributed by atoms with Crippen molar-refractivity contribution in [1.82, 2.24) is 0 Å². The van der Waals surface area contributed by atoms with Crippen molar-refractivity contribution in [2.45, 2.75) is 32.2 Å². The summed E-state index contributed by atoms with van der Waals surface area (Å²) in [5.41, 5.74) is 8.52. The molecule has 0 aromatic heterocycles. The van der Waals surface area contributed by atoms with Crippen molar-refractivity contribution in [3.63, 3.8) is 0 Å². The van der Waals surface area contributed by atoms with E-state index in [9.17, 15) is 0 Å². The molecule has 2 N–H and O–H groups in total. The van der Waals surface area contributed by atoms with Crippen LogP contribution in [0.2, 0.25) is 0 Å². The highest BCUT2D eigenvalue weighted by Gasteiger charge is 2.02. The van der Waals surface area contributed by atoms with E-state index < -0.39 is 0 Å². The first-order valence-corrected chi connectivity index (χ1v) is 7.32. The van der Waals surface area contributed by atoms with Gasteiger partial charge in [0.15, 0.2) is 0 Å². The second kappa shape index (κ2) is 7.71. The van der Waals surface area contributed by atoms with E-state index in [1.807, 2.05) is 18.2 Å². The third-order valence-electron chi connectivity index (χ3n) is 3.47. The van der Waals surface area contributed by atoms with E-state index >= 15 is 0 Å². The van der Waals surface area contributed by atoms with Gasteiger partial charge < -0.3 is 10.5 Å². The maximum absolute atomic E-state index is 5.99. The van der Waals surface area contributed by atoms with E-state index in [1.54, 1.807) is 0 Å². The monoisotopic (exact) mass is 269 g/mol. The molecule has 2 aromatic carbocycles. The quantitative estimate of drug-likeness (QED) is 0.768. The molecule has 0 heterocycles. The fraction of sp³-hybridized carbons (Fsp3) is 0.333. The first-order chi connectivity index (χ1) is 9.79. The van der Waals surface area contributed by atoms with Crippen LogP contribution in [0.15, 0.2) is 54.6 Å². The number of nitrogens with two attached hydrogens (primary N) is 1. The van der Waals surface area contributed by atoms with E-state index in [0.717, 1.165) is 31.6 Å². The van der Waals surface area contributed by atoms with Crippen molar-refractivity contribution in [3.8, 4) is 5.75 Å². The zero-order valence-corrected chi connectivity index (χ0v) is 12.1. The molecule has 106 valence electrons. The fourth-order valence-electron chi connectivity index (χ4n) is 2.16. The van der Waals surface area contributed by atoms with Crippen LogP contribution < -0.4 is 10.5 Å². The SMILES string of the molecule is CC[C@H](N)c1ccc(OCCCc2ccccc2)cc1. The summed E-state index contributed by atoms with van der Waals surface area (Å²) in [7, 11) is 0. The van der Waals surface area contributed by atoms with Gasteiger partial charge in [0.25, 0.3) is 0 Å². The Kier molecular flexibility index (Phi) is 5.63. The number of benzene rings is 2. The first kappa shape index (κ1) is 14.6. The normalized spacial score (nSPS) is 12.1. The zero-order chi connectivity index (χ0) is 14.2. The number of hydrogen-bond acceptors (Lipinski definition) is 2. The predicted molar refractivity (Wildman–Crippen MR) is 83.9 cm³/mol. The molecule has 0 fully saturated rings. The smallest absolute Gasteiger partial charge is 0.119 e. The summed E-state index contributed by atoms with van der Waals surface area (Å²) in [4.78, 5) is 0. The van der Waals surface area contributed by atoms with Crippen LogP contribution in [0.1, 0.15) is 36.9 Å². The Bertz CT molecular complexity index is 493. The van der Waals surface area contributed by atoms with Gasteiger partial charge in [-0.05, 0) is 42.5 Å². The molecule has 0 aliphatic carbocycles. The lowest BCUT2D eigenvalue weighted by Gasteiger charge is -2.11. The summed E-state index contributed by atoms with van der Waals surface area (Å²) in [6, 6.07) is 18.8. The molecule has 1 atom stereocenters. The molecule has 0 saturated heterocycles. The Hall–Kier alpha value is -1.80. The minimum atomic E-state index is 0.127. The molecule has 2 heteroatoms. The topological polar surface area (TPSA) is 35.2 Å². The Morgan fingerprint density at radius 1 is 1.00 bits per heavy atom. The first-order valence-electron chi connectivity index (χ1n) is 7.32. The van der Waals surface area contributed by atoms with Gasteiger partial charge in [0, 0.05) is 6.04 Å². The van der Waals surface area contributed by atoms with Crippen LogP contribution in [0.4, 0.5) is 0 Å². The Labute approximate surface area is 121 Å². The number of ether oxygens (including phenoxy) is 1. The van der Waals surface area contributed by atoms with Crippen LogP contribution in [0.3, 0.4) is 0 Å². The van der Waals surface area contributed by atoms with Gasteiger partial charge in [-0.3, -0.25) is 0 Å². The molecule has 2 aromatic rings. The van der Waals surface area contributed by atoms with Crippen molar-refractivity contribution in [2.24, 2.45) is 5.73 Å². The van der Waals surface area contributed by atoms with Gasteiger partial charge in [-0.25, -0.2) is 0 Å². The van der Waals surface area contributed by atoms with Crippen molar-refractivity contribution in [3.05, 3.63) is 65.7 Å². The second-order valence-corrected chi connectivity index (χ2v) is 5.02. The molecule has 2 nitrogen and oxygen atoms in total. The van der Waals surface area contributed by atoms with Crippen LogP contribution in [0, 0.1) is 0 Å². The predicted octanol–water partition coefficient (Wildman–Crippen LogP) is 4.11. The fourth-order valence-corrected chi connectivity index (χ4v) is 2.16. The molecular formula is C18H23NO. The van der Waals surface area contributed by atoms with E-state index in [0.29, 0.717) is 0 Å². The van der Waals surface area contributed by atoms with E-state index in [4.69, 9.17) is 10.5 Å². The highest BCUT2D eigenvalue weighted by molar-refractivity contribution is 5.29. The van der Waals surface area contributed by atoms with Crippen molar-refractivity contribution in [2.75, 3.05) is 6.61 Å². The minimum Gasteiger partial charge on any atom is -0.494 e. The largest absolute Gasteiger partial charge is 0.494 e. The van der Waals surface area contributed by atoms with Gasteiger partial charge in [0.05, 0.1) is 6.61 Å². The van der Waals surface area contributed by atoms with E-state index in [1.165, 1.54) is 11.1 Å². The van der Waals surface area contributed by atoms with Gasteiger partial charge in [0.1, 0.15) is 5.75 Å². The molecule has 2 rings (SSSR count). The standard InChI is InChI=1S/C18H23NO/c1-2-18(19)16-10-12-17(13-11-16)20-14-6-9-15-7-4-3-5-8-15/h3-5,7-8,10-13,18H,2,6,9,14,19H2,1H3/t18-/m0/s1. The Morgan fingerprint density at radius 2 is 1.70 bits per heavy atom. The number of hydrogen-bond donors (Lipinski definition) is 1. The summed E-state index contributed by atoms with van der Waals surface area (Å²) >= 11 is 0.